The van der Waals surface area contributed by atoms with Gasteiger partial charge in [-0.2, -0.15) is 0 Å². The minimum Gasteiger partial charge on any atom is -0.494 e. The fourth-order valence-electron chi connectivity index (χ4n) is 4.25. The molecular formula is C25H28N2O4. The molecule has 2 aromatic carbocycles. The van der Waals surface area contributed by atoms with E-state index in [9.17, 15) is 9.59 Å². The minimum atomic E-state index is -0.477. The quantitative estimate of drug-likeness (QED) is 0.550. The van der Waals surface area contributed by atoms with Crippen molar-refractivity contribution >= 4 is 16.9 Å². The molecule has 1 aliphatic rings. The molecule has 31 heavy (non-hydrogen) atoms. The highest BCUT2D eigenvalue weighted by molar-refractivity contribution is 5.99. The molecule has 6 nitrogen and oxygen atoms in total. The van der Waals surface area contributed by atoms with Crippen LogP contribution in [0.3, 0.4) is 0 Å². The number of hydrogen-bond donors (Lipinski definition) is 0. The largest absolute Gasteiger partial charge is 0.494 e. The van der Waals surface area contributed by atoms with E-state index in [2.05, 4.69) is 18.7 Å². The van der Waals surface area contributed by atoms with Gasteiger partial charge in [-0.15, -0.1) is 0 Å². The summed E-state index contributed by atoms with van der Waals surface area (Å²) in [5, 5.41) is 0.496. The van der Waals surface area contributed by atoms with Gasteiger partial charge >= 0.3 is 0 Å². The van der Waals surface area contributed by atoms with E-state index in [4.69, 9.17) is 9.15 Å². The molecule has 0 N–H and O–H groups in total. The van der Waals surface area contributed by atoms with Crippen LogP contribution >= 0.6 is 0 Å². The molecule has 162 valence electrons. The molecule has 0 bridgehead atoms. The summed E-state index contributed by atoms with van der Waals surface area (Å²) in [7, 11) is 0. The van der Waals surface area contributed by atoms with Crippen LogP contribution in [-0.2, 0) is 0 Å². The van der Waals surface area contributed by atoms with Crippen LogP contribution in [0.15, 0.2) is 57.7 Å². The smallest absolute Gasteiger partial charge is 0.290 e. The van der Waals surface area contributed by atoms with Gasteiger partial charge in [0.05, 0.1) is 23.6 Å². The first-order valence-corrected chi connectivity index (χ1v) is 10.9. The fraction of sp³-hybridized carbons (Fsp3) is 0.360. The van der Waals surface area contributed by atoms with Crippen LogP contribution in [0.5, 0.6) is 5.75 Å². The van der Waals surface area contributed by atoms with E-state index in [1.807, 2.05) is 37.3 Å². The molecule has 0 aliphatic carbocycles. The van der Waals surface area contributed by atoms with Gasteiger partial charge < -0.3 is 19.0 Å². The summed E-state index contributed by atoms with van der Waals surface area (Å²) in [5.41, 5.74) is 1.59. The molecule has 0 spiro atoms. The highest BCUT2D eigenvalue weighted by Gasteiger charge is 2.42. The number of ether oxygens (including phenoxy) is 1. The number of para-hydroxylation sites is 1. The zero-order valence-corrected chi connectivity index (χ0v) is 18.3. The predicted molar refractivity (Wildman–Crippen MR) is 121 cm³/mol. The first kappa shape index (κ1) is 21.1. The van der Waals surface area contributed by atoms with Crippen LogP contribution in [0.25, 0.3) is 11.0 Å². The first-order chi connectivity index (χ1) is 15.1. The van der Waals surface area contributed by atoms with Crippen LogP contribution in [0.2, 0.25) is 0 Å². The van der Waals surface area contributed by atoms with Gasteiger partial charge in [-0.3, -0.25) is 9.59 Å². The van der Waals surface area contributed by atoms with E-state index in [0.29, 0.717) is 29.7 Å². The summed E-state index contributed by atoms with van der Waals surface area (Å²) in [6.07, 6.45) is 0. The molecule has 1 aliphatic heterocycles. The maximum absolute atomic E-state index is 13.4. The van der Waals surface area contributed by atoms with E-state index in [1.165, 1.54) is 0 Å². The lowest BCUT2D eigenvalue weighted by Crippen LogP contribution is -2.37. The third-order valence-electron chi connectivity index (χ3n) is 5.93. The SMILES string of the molecule is CCOc1ccc([C@@H]2c3c(oc4ccccc4c3=O)C(=O)N2CCN(CC)CC)cc1. The van der Waals surface area contributed by atoms with Gasteiger partial charge in [-0.25, -0.2) is 0 Å². The third kappa shape index (κ3) is 3.83. The van der Waals surface area contributed by atoms with Crippen molar-refractivity contribution in [2.75, 3.05) is 32.8 Å². The Hall–Kier alpha value is -3.12. The van der Waals surface area contributed by atoms with Gasteiger partial charge in [-0.05, 0) is 49.8 Å². The molecule has 4 rings (SSSR count). The predicted octanol–water partition coefficient (Wildman–Crippen LogP) is 4.08. The summed E-state index contributed by atoms with van der Waals surface area (Å²) < 4.78 is 11.5. The average Bonchev–Trinajstić information content (AvgIpc) is 3.07. The second-order valence-corrected chi connectivity index (χ2v) is 7.60. The van der Waals surface area contributed by atoms with E-state index < -0.39 is 6.04 Å². The van der Waals surface area contributed by atoms with E-state index >= 15 is 0 Å². The van der Waals surface area contributed by atoms with Crippen molar-refractivity contribution in [3.63, 3.8) is 0 Å². The van der Waals surface area contributed by atoms with Gasteiger partial charge in [0.25, 0.3) is 5.91 Å². The van der Waals surface area contributed by atoms with Crippen LogP contribution in [0.4, 0.5) is 0 Å². The molecule has 6 heteroatoms. The van der Waals surface area contributed by atoms with Crippen molar-refractivity contribution < 1.29 is 13.9 Å². The van der Waals surface area contributed by atoms with Crippen LogP contribution in [0.1, 0.15) is 48.5 Å². The van der Waals surface area contributed by atoms with Crippen molar-refractivity contribution in [3.05, 3.63) is 75.6 Å². The molecule has 1 amide bonds. The highest BCUT2D eigenvalue weighted by Crippen LogP contribution is 2.38. The average molecular weight is 421 g/mol. The van der Waals surface area contributed by atoms with Gasteiger partial charge in [0.15, 0.2) is 5.43 Å². The van der Waals surface area contributed by atoms with Gasteiger partial charge in [-0.1, -0.05) is 38.1 Å². The summed E-state index contributed by atoms with van der Waals surface area (Å²) in [6.45, 7) is 9.77. The van der Waals surface area contributed by atoms with Gasteiger partial charge in [0.2, 0.25) is 5.76 Å². The van der Waals surface area contributed by atoms with Crippen molar-refractivity contribution in [1.29, 1.82) is 0 Å². The molecule has 0 radical (unpaired) electrons. The Morgan fingerprint density at radius 2 is 1.71 bits per heavy atom. The van der Waals surface area contributed by atoms with Crippen LogP contribution in [-0.4, -0.2) is 48.5 Å². The van der Waals surface area contributed by atoms with Crippen molar-refractivity contribution in [3.8, 4) is 5.75 Å². The number of rotatable bonds is 8. The fourth-order valence-corrected chi connectivity index (χ4v) is 4.25. The topological polar surface area (TPSA) is 63.0 Å². The Kier molecular flexibility index (Phi) is 6.09. The standard InChI is InChI=1S/C25H28N2O4/c1-4-26(5-2)15-16-27-22(17-11-13-18(14-12-17)30-6-3)21-23(28)19-9-7-8-10-20(19)31-24(21)25(27)29/h7-14,22H,4-6,15-16H2,1-3H3/t22-/m1/s1. The molecule has 2 heterocycles. The number of carbonyl (C=O) groups is 1. The Balaban J connectivity index is 1.82. The number of carbonyl (C=O) groups excluding carboxylic acids is 1. The molecule has 0 saturated carbocycles. The second-order valence-electron chi connectivity index (χ2n) is 7.60. The molecule has 0 saturated heterocycles. The first-order valence-electron chi connectivity index (χ1n) is 10.9. The lowest BCUT2D eigenvalue weighted by molar-refractivity contribution is 0.0708. The maximum atomic E-state index is 13.4. The number of likely N-dealkylation sites (N-methyl/N-ethyl adjacent to an activating group) is 1. The minimum absolute atomic E-state index is 0.144. The Bertz CT molecular complexity index is 1130. The zero-order chi connectivity index (χ0) is 22.0. The summed E-state index contributed by atoms with van der Waals surface area (Å²) in [5.74, 6) is 0.682. The number of benzene rings is 2. The lowest BCUT2D eigenvalue weighted by atomic mass is 9.98. The molecule has 0 unspecified atom stereocenters. The summed E-state index contributed by atoms with van der Waals surface area (Å²) in [6, 6.07) is 14.2. The Morgan fingerprint density at radius 3 is 2.39 bits per heavy atom. The second kappa shape index (κ2) is 8.94. The highest BCUT2D eigenvalue weighted by atomic mass is 16.5. The third-order valence-corrected chi connectivity index (χ3v) is 5.93. The molecule has 0 fully saturated rings. The maximum Gasteiger partial charge on any atom is 0.290 e. The molecular weight excluding hydrogens is 392 g/mol. The van der Waals surface area contributed by atoms with Gasteiger partial charge in [0, 0.05) is 13.1 Å². The van der Waals surface area contributed by atoms with Crippen molar-refractivity contribution in [2.24, 2.45) is 0 Å². The summed E-state index contributed by atoms with van der Waals surface area (Å²) in [4.78, 5) is 30.9. The van der Waals surface area contributed by atoms with Gasteiger partial charge in [0.1, 0.15) is 11.3 Å². The van der Waals surface area contributed by atoms with E-state index in [0.717, 1.165) is 30.9 Å². The molecule has 1 atom stereocenters. The molecule has 1 aromatic heterocycles. The van der Waals surface area contributed by atoms with Crippen LogP contribution in [0, 0.1) is 0 Å². The normalized spacial score (nSPS) is 15.7. The van der Waals surface area contributed by atoms with Crippen molar-refractivity contribution in [1.82, 2.24) is 9.80 Å². The van der Waals surface area contributed by atoms with E-state index in [-0.39, 0.29) is 17.1 Å². The van der Waals surface area contributed by atoms with Crippen molar-refractivity contribution in [2.45, 2.75) is 26.8 Å². The zero-order valence-electron chi connectivity index (χ0n) is 18.3. The number of nitrogens with zero attached hydrogens (tertiary/aromatic N) is 2. The number of hydrogen-bond acceptors (Lipinski definition) is 5. The summed E-state index contributed by atoms with van der Waals surface area (Å²) >= 11 is 0. The molecule has 3 aromatic rings. The van der Waals surface area contributed by atoms with E-state index in [1.54, 1.807) is 23.1 Å². The number of fused-ring (bicyclic) bond motifs is 2. The monoisotopic (exact) mass is 420 g/mol. The Labute approximate surface area is 182 Å². The lowest BCUT2D eigenvalue weighted by Gasteiger charge is -2.28. The van der Waals surface area contributed by atoms with Crippen LogP contribution < -0.4 is 10.2 Å². The number of amides is 1. The Morgan fingerprint density at radius 1 is 1.00 bits per heavy atom.